The smallest absolute Gasteiger partial charge is 0.537 e. The van der Waals surface area contributed by atoms with E-state index in [-0.39, 0.29) is 29.0 Å². The number of nitrogens with one attached hydrogen (secondary N) is 2. The molecule has 0 unspecified atom stereocenters. The van der Waals surface area contributed by atoms with Gasteiger partial charge in [0.05, 0.1) is 26.6 Å². The molecule has 0 aliphatic rings. The summed E-state index contributed by atoms with van der Waals surface area (Å²) in [4.78, 5) is 58.5. The van der Waals surface area contributed by atoms with Crippen LogP contribution in [0.1, 0.15) is 118 Å². The molecule has 2 amide bonds. The third-order valence-corrected chi connectivity index (χ3v) is 15.4. The van der Waals surface area contributed by atoms with E-state index in [1.807, 2.05) is 82.4 Å². The summed E-state index contributed by atoms with van der Waals surface area (Å²) in [6.07, 6.45) is 5.69. The first-order valence-electron chi connectivity index (χ1n) is 31.6. The number of imide groups is 1. The number of anilines is 3. The Morgan fingerprint density at radius 3 is 1.32 bits per heavy atom. The lowest BCUT2D eigenvalue weighted by Crippen LogP contribution is -2.44. The number of hydrogen-bond acceptors (Lipinski definition) is 19. The summed E-state index contributed by atoms with van der Waals surface area (Å²) in [5, 5.41) is 60.6. The molecule has 0 spiro atoms. The molecule has 23 nitrogen and oxygen atoms in total. The zero-order valence-corrected chi connectivity index (χ0v) is 62.6. The Kier molecular flexibility index (Phi) is 32.4. The number of ether oxygens (including phenoxy) is 3. The number of phenolic OH excluding ortho intramolecular Hbond substituents is 3. The van der Waals surface area contributed by atoms with Gasteiger partial charge in [0, 0.05) is 82.7 Å². The predicted octanol–water partition coefficient (Wildman–Crippen LogP) is 16.9. The van der Waals surface area contributed by atoms with Crippen LogP contribution in [0.3, 0.4) is 0 Å². The number of aromatic nitrogens is 7. The van der Waals surface area contributed by atoms with Gasteiger partial charge in [-0.3, -0.25) is 19.8 Å². The van der Waals surface area contributed by atoms with Crippen LogP contribution >= 0.6 is 43.5 Å². The molecule has 10 aromatic rings. The molecule has 0 aliphatic carbocycles. The van der Waals surface area contributed by atoms with Crippen LogP contribution in [0.5, 0.6) is 23.0 Å². The number of aryl methyl sites for hydroxylation is 2. The highest BCUT2D eigenvalue weighted by Crippen LogP contribution is 2.40. The molecule has 0 saturated heterocycles. The Morgan fingerprint density at radius 1 is 0.570 bits per heavy atom. The minimum atomic E-state index is -0.880. The second-order valence-corrected chi connectivity index (χ2v) is 25.7. The summed E-state index contributed by atoms with van der Waals surface area (Å²) in [6, 6.07) is 32.5. The molecule has 0 saturated carbocycles. The van der Waals surface area contributed by atoms with Crippen LogP contribution in [-0.4, -0.2) is 116 Å². The first-order valence-corrected chi connectivity index (χ1v) is 33.7. The minimum absolute atomic E-state index is 0.0860. The quantitative estimate of drug-likeness (QED) is 0.0251. The number of nitrogen functional groups attached to an aromatic ring is 2. The van der Waals surface area contributed by atoms with Crippen molar-refractivity contribution in [1.82, 2.24) is 35.3 Å². The summed E-state index contributed by atoms with van der Waals surface area (Å²) in [5.41, 5.74) is 25.1. The highest BCUT2D eigenvalue weighted by molar-refractivity contribution is 9.11. The SMILES string of the molecule is CC(=O)O.CCCl.CCOC(C)=O.CCc1c(-c2ccc(O)cc2)cnc(N(C(=O)OC(C)(C)C)C(=O)OC(C)(C)C)c1Br.CCc1c(-c2ccc(O)cc2)cnc(N)c1-c1ccc2n[nH]c(C)c2c1.CCc1c(-c2ccc(O)cc2)cnc(N)c1Br.Cc1[nH]nc2ccc(O[B]O)cc12. The van der Waals surface area contributed by atoms with Crippen molar-refractivity contribution in [1.29, 1.82) is 0 Å². The molecule has 531 valence electrons. The van der Waals surface area contributed by atoms with Gasteiger partial charge in [0.15, 0.2) is 5.82 Å². The first-order chi connectivity index (χ1) is 47.2. The number of phenols is 3. The van der Waals surface area contributed by atoms with Crippen LogP contribution in [0.25, 0.3) is 66.3 Å². The standard InChI is InChI=1S/C23H29BrN2O5.C21H20N4O.C13H13BrN2O.C8H8BN2O2.C4H8O2.C2H5Cl.C2H4O2/c1-8-16-17(14-9-11-15(27)12-10-14)13-25-19(18(16)24)26(20(28)30-22(2,3)4)21(29)31-23(5,6)7;1-3-16-18(13-4-7-15(26)8-5-13)11-23-21(22)20(16)14-6-9-19-17(10-14)12(2)24-25-19;1-2-10-11(7-16-13(15)12(10)14)8-3-5-9(17)6-4-8;1-5-7-4-6(13-9-12)2-3-8(7)11-10-5;1-3-6-4(2)5;1-2-3;1-2(3)4/h9-13,27H,8H2,1-7H3;4-11,26H,3H2,1-2H3,(H2,22,23)(H,24,25);3-7,17H,2H2,1H3,(H2,15,16);2-4,12H,1H3,(H,10,11);3H2,1-2H3;2H2,1H3;1H3,(H,3,4). The first kappa shape index (κ1) is 82.7. The maximum Gasteiger partial charge on any atom is 0.569 e. The van der Waals surface area contributed by atoms with Crippen LogP contribution < -0.4 is 21.0 Å². The molecule has 11 N–H and O–H groups in total. The van der Waals surface area contributed by atoms with Gasteiger partial charge in [0.25, 0.3) is 5.97 Å². The Balaban J connectivity index is 0.000000276. The summed E-state index contributed by atoms with van der Waals surface area (Å²) in [6.45, 7) is 27.0. The minimum Gasteiger partial charge on any atom is -0.537 e. The van der Waals surface area contributed by atoms with Gasteiger partial charge >= 0.3 is 25.8 Å². The number of nitrogens with two attached hydrogens (primary N) is 2. The predicted molar refractivity (Wildman–Crippen MR) is 403 cm³/mol. The Morgan fingerprint density at radius 2 is 0.940 bits per heavy atom. The van der Waals surface area contributed by atoms with Crippen LogP contribution in [0.2, 0.25) is 0 Å². The van der Waals surface area contributed by atoms with Gasteiger partial charge < -0.3 is 55.8 Å². The fourth-order valence-corrected chi connectivity index (χ4v) is 10.8. The number of carboxylic acids is 1. The molecule has 10 rings (SSSR count). The van der Waals surface area contributed by atoms with Crippen molar-refractivity contribution in [2.45, 2.75) is 134 Å². The van der Waals surface area contributed by atoms with Crippen molar-refractivity contribution in [2.24, 2.45) is 0 Å². The number of rotatable bonds is 11. The van der Waals surface area contributed by atoms with E-state index in [4.69, 9.17) is 52.1 Å². The number of carbonyl (C=O) groups is 4. The van der Waals surface area contributed by atoms with E-state index in [9.17, 15) is 29.7 Å². The van der Waals surface area contributed by atoms with Gasteiger partial charge in [-0.05, 0) is 219 Å². The largest absolute Gasteiger partial charge is 0.569 e. The fraction of sp³-hybridized carbons (Fsp3) is 0.301. The number of aromatic amines is 2. The number of esters is 1. The number of H-pyrrole nitrogens is 2. The molecule has 100 heavy (non-hydrogen) atoms. The number of fused-ring (bicyclic) bond motifs is 2. The summed E-state index contributed by atoms with van der Waals surface area (Å²) in [7, 11) is 0.663. The number of aliphatic carboxylic acids is 1. The average Bonchev–Trinajstić information content (AvgIpc) is 0.978. The molecule has 0 fully saturated rings. The van der Waals surface area contributed by atoms with Crippen molar-refractivity contribution in [2.75, 3.05) is 28.9 Å². The third kappa shape index (κ3) is 24.6. The highest BCUT2D eigenvalue weighted by atomic mass is 79.9. The van der Waals surface area contributed by atoms with Crippen molar-refractivity contribution in [3.8, 4) is 67.5 Å². The van der Waals surface area contributed by atoms with E-state index in [1.54, 1.807) is 115 Å². The number of carboxylic acid groups (broad SMARTS) is 1. The zero-order valence-electron chi connectivity index (χ0n) is 58.7. The Bertz CT molecular complexity index is 4300. The second kappa shape index (κ2) is 39.1. The summed E-state index contributed by atoms with van der Waals surface area (Å²) >= 11 is 12.0. The Labute approximate surface area is 605 Å². The van der Waals surface area contributed by atoms with Crippen LogP contribution in [-0.2, 0) is 43.1 Å². The topological polar surface area (TPSA) is 358 Å². The average molecular weight is 1520 g/mol. The summed E-state index contributed by atoms with van der Waals surface area (Å²) in [5.74, 6) is 2.05. The van der Waals surface area contributed by atoms with Gasteiger partial charge in [0.2, 0.25) is 0 Å². The van der Waals surface area contributed by atoms with E-state index in [0.717, 1.165) is 129 Å². The normalized spacial score (nSPS) is 10.6. The zero-order chi connectivity index (χ0) is 74.8. The second-order valence-electron chi connectivity index (χ2n) is 23.6. The van der Waals surface area contributed by atoms with Gasteiger partial charge in [-0.2, -0.15) is 15.1 Å². The Hall–Kier alpha value is -9.76. The maximum absolute atomic E-state index is 12.9. The number of aromatic hydroxyl groups is 3. The molecular weight excluding hydrogens is 1430 g/mol. The van der Waals surface area contributed by atoms with Gasteiger partial charge in [0.1, 0.15) is 45.8 Å². The van der Waals surface area contributed by atoms with Crippen molar-refractivity contribution in [3.63, 3.8) is 0 Å². The molecule has 5 heterocycles. The van der Waals surface area contributed by atoms with Crippen molar-refractivity contribution in [3.05, 3.63) is 165 Å². The molecule has 0 bridgehead atoms. The third-order valence-electron chi connectivity index (χ3n) is 13.7. The van der Waals surface area contributed by atoms with E-state index in [0.29, 0.717) is 42.6 Å². The lowest BCUT2D eigenvalue weighted by atomic mass is 9.91. The lowest BCUT2D eigenvalue weighted by Gasteiger charge is -2.29. The van der Waals surface area contributed by atoms with Gasteiger partial charge in [-0.15, -0.1) is 11.6 Å². The molecular formula is C73H87BBr2ClN10O13. The van der Waals surface area contributed by atoms with Crippen LogP contribution in [0.15, 0.2) is 137 Å². The number of carbonyl (C=O) groups excluding carboxylic acids is 3. The van der Waals surface area contributed by atoms with Crippen LogP contribution in [0.4, 0.5) is 27.0 Å². The van der Waals surface area contributed by atoms with Gasteiger partial charge in [-0.1, -0.05) is 70.2 Å². The number of nitrogens with zero attached hydrogens (tertiary/aromatic N) is 6. The molecule has 5 aromatic heterocycles. The number of halogens is 3. The molecule has 0 aliphatic heterocycles. The van der Waals surface area contributed by atoms with E-state index < -0.39 is 29.4 Å². The maximum atomic E-state index is 12.9. The molecule has 1 radical (unpaired) electrons. The number of alkyl halides is 1. The summed E-state index contributed by atoms with van der Waals surface area (Å²) < 4.78 is 21.5. The van der Waals surface area contributed by atoms with Crippen molar-refractivity contribution >= 4 is 115 Å². The number of hydrogen-bond donors (Lipinski definition) is 9. The highest BCUT2D eigenvalue weighted by Gasteiger charge is 2.36. The van der Waals surface area contributed by atoms with Crippen molar-refractivity contribution < 1.29 is 63.5 Å². The number of pyridine rings is 3. The van der Waals surface area contributed by atoms with E-state index >= 15 is 0 Å². The number of amides is 2. The van der Waals surface area contributed by atoms with Gasteiger partial charge in [-0.25, -0.2) is 24.5 Å². The lowest BCUT2D eigenvalue weighted by molar-refractivity contribution is -0.140. The van der Waals surface area contributed by atoms with E-state index in [1.165, 1.54) is 6.92 Å². The van der Waals surface area contributed by atoms with Crippen LogP contribution in [0, 0.1) is 13.8 Å². The monoisotopic (exact) mass is 1520 g/mol. The molecule has 0 atom stereocenters. The molecule has 27 heteroatoms. The van der Waals surface area contributed by atoms with E-state index in [2.05, 4.69) is 91.9 Å². The fourth-order valence-electron chi connectivity index (χ4n) is 9.44. The number of benzene rings is 5. The molecule has 5 aromatic carbocycles.